The van der Waals surface area contributed by atoms with Crippen LogP contribution in [0.3, 0.4) is 0 Å². The van der Waals surface area contributed by atoms with Gasteiger partial charge in [-0.3, -0.25) is 0 Å². The molecule has 0 saturated carbocycles. The molecule has 5 nitrogen and oxygen atoms in total. The van der Waals surface area contributed by atoms with Gasteiger partial charge >= 0.3 is 5.91 Å². The molecule has 0 bridgehead atoms. The van der Waals surface area contributed by atoms with Crippen molar-refractivity contribution in [3.05, 3.63) is 47.6 Å². The summed E-state index contributed by atoms with van der Waals surface area (Å²) in [7, 11) is 2.93. The molecule has 0 aliphatic rings. The maximum atomic E-state index is 12.1. The number of hydroxylamine groups is 3. The Morgan fingerprint density at radius 2 is 1.96 bits per heavy atom. The van der Waals surface area contributed by atoms with Crippen LogP contribution in [-0.4, -0.2) is 39.9 Å². The summed E-state index contributed by atoms with van der Waals surface area (Å²) in [6, 6.07) is 10.1. The molecule has 0 radical (unpaired) electrons. The molecule has 3 aromatic rings. The van der Waals surface area contributed by atoms with Crippen LogP contribution in [-0.2, 0) is 11.2 Å². The number of hydrogen-bond donors (Lipinski definition) is 1. The summed E-state index contributed by atoms with van der Waals surface area (Å²) in [5.41, 5.74) is 2.77. The first-order valence-corrected chi connectivity index (χ1v) is 9.39. The van der Waals surface area contributed by atoms with E-state index in [0.29, 0.717) is 0 Å². The molecule has 2 heterocycles. The second-order valence-corrected chi connectivity index (χ2v) is 8.76. The van der Waals surface area contributed by atoms with Crippen LogP contribution in [0.15, 0.2) is 41.9 Å². The van der Waals surface area contributed by atoms with Crippen molar-refractivity contribution >= 4 is 22.1 Å². The van der Waals surface area contributed by atoms with Gasteiger partial charge in [0.15, 0.2) is 0 Å². The Morgan fingerprint density at radius 1 is 1.23 bits per heavy atom. The van der Waals surface area contributed by atoms with Gasteiger partial charge in [-0.25, -0.2) is 10.0 Å². The normalized spacial score (nSPS) is 12.5. The fraction of sp³-hybridized carbons (Fsp3) is 0.350. The molecule has 0 fully saturated rings. The van der Waals surface area contributed by atoms with Crippen molar-refractivity contribution < 1.29 is 19.4 Å². The zero-order chi connectivity index (χ0) is 19.1. The number of benzene rings is 1. The van der Waals surface area contributed by atoms with Gasteiger partial charge in [0, 0.05) is 22.8 Å². The minimum Gasteiger partial charge on any atom is -0.488 e. The topological polar surface area (TPSA) is 50.9 Å². The van der Waals surface area contributed by atoms with Gasteiger partial charge in [-0.2, -0.15) is 0 Å². The van der Waals surface area contributed by atoms with E-state index in [-0.39, 0.29) is 17.9 Å². The lowest BCUT2D eigenvalue weighted by molar-refractivity contribution is -1.01. The highest BCUT2D eigenvalue weighted by atomic mass is 32.1. The lowest BCUT2D eigenvalue weighted by atomic mass is 10.1. The zero-order valence-corrected chi connectivity index (χ0v) is 16.6. The first-order valence-electron chi connectivity index (χ1n) is 8.51. The van der Waals surface area contributed by atoms with E-state index in [0.717, 1.165) is 27.4 Å². The summed E-state index contributed by atoms with van der Waals surface area (Å²) in [5.74, 6) is 0.583. The number of likely N-dealkylation sites (N-methyl/N-ethyl adjacent to an activating group) is 1. The summed E-state index contributed by atoms with van der Waals surface area (Å²) in [4.78, 5) is 13.2. The number of hydrogen-bond acceptors (Lipinski definition) is 4. The maximum Gasteiger partial charge on any atom is 0.351 e. The van der Waals surface area contributed by atoms with E-state index in [1.54, 1.807) is 11.3 Å². The van der Waals surface area contributed by atoms with Crippen molar-refractivity contribution in [3.8, 4) is 16.9 Å². The summed E-state index contributed by atoms with van der Waals surface area (Å²) in [6.07, 6.45) is 2.22. The number of carbonyl (C=O) groups excluding carboxylic acids is 1. The van der Waals surface area contributed by atoms with E-state index < -0.39 is 4.65 Å². The number of fused-ring (bicyclic) bond motifs is 1. The lowest BCUT2D eigenvalue weighted by Gasteiger charge is -2.21. The third kappa shape index (κ3) is 4.15. The van der Waals surface area contributed by atoms with Gasteiger partial charge in [0.05, 0.1) is 4.83 Å². The second-order valence-electron chi connectivity index (χ2n) is 7.87. The van der Waals surface area contributed by atoms with Crippen molar-refractivity contribution in [2.75, 3.05) is 14.1 Å². The molecule has 138 valence electrons. The third-order valence-corrected chi connectivity index (χ3v) is 4.89. The summed E-state index contributed by atoms with van der Waals surface area (Å²) < 4.78 is 7.30. The first-order chi connectivity index (χ1) is 12.0. The second kappa shape index (κ2) is 6.54. The van der Waals surface area contributed by atoms with Crippen LogP contribution < -0.4 is 4.74 Å². The molecule has 26 heavy (non-hydrogen) atoms. The van der Waals surface area contributed by atoms with Crippen LogP contribution in [0.5, 0.6) is 5.75 Å². The molecular weight excluding hydrogens is 348 g/mol. The van der Waals surface area contributed by atoms with Gasteiger partial charge in [-0.05, 0) is 44.5 Å². The quantitative estimate of drug-likeness (QED) is 0.419. The molecule has 0 aliphatic heterocycles. The van der Waals surface area contributed by atoms with E-state index in [2.05, 4.69) is 6.07 Å². The highest BCUT2D eigenvalue weighted by Gasteiger charge is 2.25. The molecule has 0 spiro atoms. The van der Waals surface area contributed by atoms with Crippen LogP contribution in [0.1, 0.15) is 26.5 Å². The Morgan fingerprint density at radius 3 is 2.62 bits per heavy atom. The Balaban J connectivity index is 1.91. The average molecular weight is 373 g/mol. The minimum atomic E-state index is -0.669. The molecule has 0 unspecified atom stereocenters. The highest BCUT2D eigenvalue weighted by Crippen LogP contribution is 2.30. The predicted molar refractivity (Wildman–Crippen MR) is 104 cm³/mol. The third-order valence-electron chi connectivity index (χ3n) is 3.94. The van der Waals surface area contributed by atoms with Crippen LogP contribution in [0.2, 0.25) is 0 Å². The first kappa shape index (κ1) is 18.6. The Kier molecular flexibility index (Phi) is 4.69. The Labute approximate surface area is 157 Å². The van der Waals surface area contributed by atoms with Gasteiger partial charge < -0.3 is 9.14 Å². The van der Waals surface area contributed by atoms with Gasteiger partial charge in [-0.1, -0.05) is 12.1 Å². The molecule has 0 aliphatic carbocycles. The van der Waals surface area contributed by atoms with Crippen LogP contribution in [0.25, 0.3) is 16.0 Å². The Hall–Kier alpha value is -2.15. The molecule has 1 amide bonds. The number of carbonyl (C=O) groups is 1. The van der Waals surface area contributed by atoms with Crippen molar-refractivity contribution in [1.29, 1.82) is 0 Å². The molecule has 6 heteroatoms. The number of aromatic nitrogens is 1. The number of amides is 1. The standard InChI is InChI=1S/C20H25N2O3S/c1-20(2,3)25-17-8-6-7-14(9-17)15-10-18-21(12-15)16(13-26-18)11-19(23)22(4,5)24/h6-10,12-13,24H,11H2,1-5H3/q+1. The molecule has 0 saturated heterocycles. The smallest absolute Gasteiger partial charge is 0.351 e. The van der Waals surface area contributed by atoms with E-state index in [4.69, 9.17) is 4.74 Å². The van der Waals surface area contributed by atoms with Crippen molar-refractivity contribution in [1.82, 2.24) is 4.40 Å². The fourth-order valence-electron chi connectivity index (χ4n) is 2.67. The van der Waals surface area contributed by atoms with E-state index in [1.807, 2.05) is 61.0 Å². The number of nitrogens with zero attached hydrogens (tertiary/aromatic N) is 2. The number of thiazole rings is 1. The zero-order valence-electron chi connectivity index (χ0n) is 15.8. The van der Waals surface area contributed by atoms with E-state index in [1.165, 1.54) is 14.1 Å². The van der Waals surface area contributed by atoms with Crippen molar-refractivity contribution in [2.24, 2.45) is 0 Å². The van der Waals surface area contributed by atoms with Crippen LogP contribution in [0, 0.1) is 0 Å². The fourth-order valence-corrected chi connectivity index (χ4v) is 3.60. The minimum absolute atomic E-state index is 0.185. The molecule has 2 aromatic heterocycles. The van der Waals surface area contributed by atoms with Crippen LogP contribution in [0.4, 0.5) is 0 Å². The maximum absolute atomic E-state index is 12.1. The Bertz CT molecular complexity index is 942. The van der Waals surface area contributed by atoms with Crippen molar-refractivity contribution in [2.45, 2.75) is 32.8 Å². The lowest BCUT2D eigenvalue weighted by Crippen LogP contribution is -2.43. The summed E-state index contributed by atoms with van der Waals surface area (Å²) in [6.45, 7) is 6.08. The predicted octanol–water partition coefficient (Wildman–Crippen LogP) is 4.38. The monoisotopic (exact) mass is 373 g/mol. The van der Waals surface area contributed by atoms with E-state index in [9.17, 15) is 10.0 Å². The highest BCUT2D eigenvalue weighted by molar-refractivity contribution is 7.15. The van der Waals surface area contributed by atoms with Crippen molar-refractivity contribution in [3.63, 3.8) is 0 Å². The summed E-state index contributed by atoms with van der Waals surface area (Å²) >= 11 is 1.59. The largest absolute Gasteiger partial charge is 0.488 e. The van der Waals surface area contributed by atoms with Gasteiger partial charge in [0.25, 0.3) is 0 Å². The van der Waals surface area contributed by atoms with Gasteiger partial charge in [-0.15, -0.1) is 16.0 Å². The van der Waals surface area contributed by atoms with Gasteiger partial charge in [0.1, 0.15) is 31.9 Å². The van der Waals surface area contributed by atoms with E-state index >= 15 is 0 Å². The van der Waals surface area contributed by atoms with Crippen LogP contribution >= 0.6 is 11.3 Å². The van der Waals surface area contributed by atoms with Gasteiger partial charge in [0.2, 0.25) is 0 Å². The average Bonchev–Trinajstić information content (AvgIpc) is 3.07. The molecular formula is C20H25N2O3S+. The molecule has 0 atom stereocenters. The summed E-state index contributed by atoms with van der Waals surface area (Å²) in [5, 5.41) is 11.8. The number of ether oxygens (including phenoxy) is 1. The molecule has 1 N–H and O–H groups in total. The SMILES string of the molecule is CC(C)(C)Oc1cccc(-c2cc3scc(CC(=O)[N+](C)(C)O)n3c2)c1. The number of quaternary nitrogens is 1. The number of rotatable bonds is 4. The molecule has 3 rings (SSSR count). The molecule has 1 aromatic carbocycles.